The Bertz CT molecular complexity index is 690. The Balaban J connectivity index is 1.98. The van der Waals surface area contributed by atoms with E-state index in [9.17, 15) is 0 Å². The fraction of sp³-hybridized carbons (Fsp3) is 0.333. The van der Waals surface area contributed by atoms with Crippen LogP contribution in [-0.2, 0) is 13.0 Å². The van der Waals surface area contributed by atoms with Crippen molar-refractivity contribution < 1.29 is 0 Å². The van der Waals surface area contributed by atoms with E-state index in [2.05, 4.69) is 34.7 Å². The molecule has 0 saturated heterocycles. The predicted molar refractivity (Wildman–Crippen MR) is 84.7 cm³/mol. The number of thiazole rings is 1. The predicted octanol–water partition coefficient (Wildman–Crippen LogP) is 4.08. The molecule has 2 aromatic heterocycles. The molecule has 0 N–H and O–H groups in total. The summed E-state index contributed by atoms with van der Waals surface area (Å²) in [7, 11) is 0. The Labute approximate surface area is 127 Å². The largest absolute Gasteiger partial charge is 0.327 e. The average molecular weight is 306 g/mol. The molecule has 3 rings (SSSR count). The zero-order valence-corrected chi connectivity index (χ0v) is 12.9. The minimum atomic E-state index is 0.377. The van der Waals surface area contributed by atoms with Gasteiger partial charge in [-0.1, -0.05) is 19.1 Å². The third-order valence-corrected chi connectivity index (χ3v) is 4.58. The van der Waals surface area contributed by atoms with E-state index in [-0.39, 0.29) is 0 Å². The second-order valence-electron chi connectivity index (χ2n) is 4.84. The van der Waals surface area contributed by atoms with Crippen LogP contribution < -0.4 is 0 Å². The van der Waals surface area contributed by atoms with Crippen molar-refractivity contribution in [1.29, 1.82) is 0 Å². The van der Waals surface area contributed by atoms with Crippen LogP contribution in [-0.4, -0.2) is 20.4 Å². The third-order valence-electron chi connectivity index (χ3n) is 3.38. The van der Waals surface area contributed by atoms with Gasteiger partial charge >= 0.3 is 0 Å². The summed E-state index contributed by atoms with van der Waals surface area (Å²) < 4.78 is 2.28. The maximum Gasteiger partial charge on any atom is 0.111 e. The molecule has 1 aromatic carbocycles. The standard InChI is InChI=1S/C15H16ClN3S/c1-11(15-17-8-9-20-15)10-19-13-5-3-2-4-12(13)18-14(19)6-7-16/h2-5,8-9,11H,6-7,10H2,1H3. The third kappa shape index (κ3) is 2.58. The van der Waals surface area contributed by atoms with Crippen molar-refractivity contribution in [2.45, 2.75) is 25.8 Å². The van der Waals surface area contributed by atoms with Crippen molar-refractivity contribution in [2.75, 3.05) is 5.88 Å². The number of rotatable bonds is 5. The van der Waals surface area contributed by atoms with Crippen LogP contribution in [0.15, 0.2) is 35.8 Å². The fourth-order valence-electron chi connectivity index (χ4n) is 2.43. The highest BCUT2D eigenvalue weighted by atomic mass is 35.5. The summed E-state index contributed by atoms with van der Waals surface area (Å²) in [6, 6.07) is 8.25. The summed E-state index contributed by atoms with van der Waals surface area (Å²) in [5, 5.41) is 3.19. The van der Waals surface area contributed by atoms with Crippen molar-refractivity contribution in [1.82, 2.24) is 14.5 Å². The molecule has 104 valence electrons. The van der Waals surface area contributed by atoms with Crippen molar-refractivity contribution in [3.05, 3.63) is 46.7 Å². The van der Waals surface area contributed by atoms with Crippen LogP contribution in [0.4, 0.5) is 0 Å². The number of fused-ring (bicyclic) bond motifs is 1. The van der Waals surface area contributed by atoms with Gasteiger partial charge in [-0.25, -0.2) is 9.97 Å². The van der Waals surface area contributed by atoms with Crippen molar-refractivity contribution in [3.63, 3.8) is 0 Å². The summed E-state index contributed by atoms with van der Waals surface area (Å²) in [6.45, 7) is 3.10. The van der Waals surface area contributed by atoms with Gasteiger partial charge in [0.05, 0.1) is 16.0 Å². The number of imidazole rings is 1. The van der Waals surface area contributed by atoms with E-state index in [4.69, 9.17) is 16.6 Å². The van der Waals surface area contributed by atoms with Gasteiger partial charge in [-0.2, -0.15) is 0 Å². The maximum atomic E-state index is 5.91. The number of nitrogens with zero attached hydrogens (tertiary/aromatic N) is 3. The highest BCUT2D eigenvalue weighted by Crippen LogP contribution is 2.24. The Hall–Kier alpha value is -1.39. The number of hydrogen-bond acceptors (Lipinski definition) is 3. The molecule has 0 aliphatic heterocycles. The van der Waals surface area contributed by atoms with E-state index in [0.717, 1.165) is 24.3 Å². The molecule has 5 heteroatoms. The maximum absolute atomic E-state index is 5.91. The van der Waals surface area contributed by atoms with Gasteiger partial charge in [0.15, 0.2) is 0 Å². The summed E-state index contributed by atoms with van der Waals surface area (Å²) in [4.78, 5) is 9.11. The SMILES string of the molecule is CC(Cn1c(CCCl)nc2ccccc21)c1nccs1. The Morgan fingerprint density at radius 2 is 2.20 bits per heavy atom. The molecule has 3 nitrogen and oxygen atoms in total. The van der Waals surface area contributed by atoms with E-state index < -0.39 is 0 Å². The van der Waals surface area contributed by atoms with Crippen LogP contribution in [0.3, 0.4) is 0 Å². The summed E-state index contributed by atoms with van der Waals surface area (Å²) in [6.07, 6.45) is 2.66. The number of benzene rings is 1. The lowest BCUT2D eigenvalue weighted by molar-refractivity contribution is 0.586. The lowest BCUT2D eigenvalue weighted by Crippen LogP contribution is -2.10. The zero-order valence-electron chi connectivity index (χ0n) is 11.3. The second-order valence-corrected chi connectivity index (χ2v) is 6.14. The molecule has 0 radical (unpaired) electrons. The van der Waals surface area contributed by atoms with Gasteiger partial charge in [-0.3, -0.25) is 0 Å². The Morgan fingerprint density at radius 3 is 2.95 bits per heavy atom. The van der Waals surface area contributed by atoms with Gasteiger partial charge in [-0.15, -0.1) is 22.9 Å². The minimum Gasteiger partial charge on any atom is -0.327 e. The first-order valence-corrected chi connectivity index (χ1v) is 8.10. The molecule has 1 atom stereocenters. The van der Waals surface area contributed by atoms with Crippen molar-refractivity contribution in [3.8, 4) is 0 Å². The minimum absolute atomic E-state index is 0.377. The molecule has 0 saturated carbocycles. The topological polar surface area (TPSA) is 30.7 Å². The van der Waals surface area contributed by atoms with Gasteiger partial charge in [0.25, 0.3) is 0 Å². The highest BCUT2D eigenvalue weighted by Gasteiger charge is 2.15. The second kappa shape index (κ2) is 5.94. The molecule has 0 aliphatic carbocycles. The van der Waals surface area contributed by atoms with Gasteiger partial charge < -0.3 is 4.57 Å². The highest BCUT2D eigenvalue weighted by molar-refractivity contribution is 7.09. The molecule has 0 bridgehead atoms. The first-order chi connectivity index (χ1) is 9.79. The number of para-hydroxylation sites is 2. The van der Waals surface area contributed by atoms with Gasteiger partial charge in [0.2, 0.25) is 0 Å². The molecule has 1 unspecified atom stereocenters. The lowest BCUT2D eigenvalue weighted by Gasteiger charge is -2.13. The molecule has 0 fully saturated rings. The van der Waals surface area contributed by atoms with Crippen LogP contribution in [0.25, 0.3) is 11.0 Å². The van der Waals surface area contributed by atoms with E-state index in [1.54, 1.807) is 11.3 Å². The first kappa shape index (κ1) is 13.6. The van der Waals surface area contributed by atoms with Crippen LogP contribution in [0.5, 0.6) is 0 Å². The Kier molecular flexibility index (Phi) is 4.03. The van der Waals surface area contributed by atoms with E-state index in [1.807, 2.05) is 17.6 Å². The van der Waals surface area contributed by atoms with Crippen molar-refractivity contribution >= 4 is 34.0 Å². The number of aryl methyl sites for hydroxylation is 1. The normalized spacial score (nSPS) is 12.9. The van der Waals surface area contributed by atoms with Crippen LogP contribution in [0.1, 0.15) is 23.7 Å². The van der Waals surface area contributed by atoms with E-state index in [1.165, 1.54) is 10.5 Å². The quantitative estimate of drug-likeness (QED) is 0.665. The van der Waals surface area contributed by atoms with Crippen molar-refractivity contribution in [2.24, 2.45) is 0 Å². The van der Waals surface area contributed by atoms with Crippen LogP contribution in [0, 0.1) is 0 Å². The van der Waals surface area contributed by atoms with Crippen LogP contribution in [0.2, 0.25) is 0 Å². The molecule has 3 aromatic rings. The molecular formula is C15H16ClN3S. The summed E-state index contributed by atoms with van der Waals surface area (Å²) in [5.74, 6) is 2.03. The van der Waals surface area contributed by atoms with Gasteiger partial charge in [0.1, 0.15) is 5.82 Å². The molecule has 2 heterocycles. The number of aromatic nitrogens is 3. The van der Waals surface area contributed by atoms with E-state index in [0.29, 0.717) is 11.8 Å². The molecule has 0 aliphatic rings. The van der Waals surface area contributed by atoms with Gasteiger partial charge in [-0.05, 0) is 12.1 Å². The smallest absolute Gasteiger partial charge is 0.111 e. The number of halogens is 1. The molecule has 20 heavy (non-hydrogen) atoms. The Morgan fingerprint density at radius 1 is 1.35 bits per heavy atom. The molecule has 0 amide bonds. The number of hydrogen-bond donors (Lipinski definition) is 0. The number of alkyl halides is 1. The zero-order chi connectivity index (χ0) is 13.9. The summed E-state index contributed by atoms with van der Waals surface area (Å²) in [5.41, 5.74) is 2.22. The average Bonchev–Trinajstić information content (AvgIpc) is 3.08. The summed E-state index contributed by atoms with van der Waals surface area (Å²) >= 11 is 7.61. The van der Waals surface area contributed by atoms with Crippen LogP contribution >= 0.6 is 22.9 Å². The molecular weight excluding hydrogens is 290 g/mol. The lowest BCUT2D eigenvalue weighted by atomic mass is 10.2. The first-order valence-electron chi connectivity index (χ1n) is 6.69. The van der Waals surface area contributed by atoms with Gasteiger partial charge in [0, 0.05) is 36.3 Å². The monoisotopic (exact) mass is 305 g/mol. The van der Waals surface area contributed by atoms with E-state index >= 15 is 0 Å². The fourth-order valence-corrected chi connectivity index (χ4v) is 3.29. The molecule has 0 spiro atoms.